The molecule has 0 aromatic heterocycles. The summed E-state index contributed by atoms with van der Waals surface area (Å²) in [6, 6.07) is 12.9. The molecule has 0 aliphatic rings. The first kappa shape index (κ1) is 20.0. The summed E-state index contributed by atoms with van der Waals surface area (Å²) >= 11 is 0. The van der Waals surface area contributed by atoms with Crippen LogP contribution in [0.15, 0.2) is 36.4 Å². The van der Waals surface area contributed by atoms with Crippen LogP contribution in [0.5, 0.6) is 0 Å². The number of esters is 2. The molecular weight excluding hydrogens is 328 g/mol. The molecule has 2 aromatic rings. The SMILES string of the molecule is COC(=O)CCCCc1ccc(CCCCC(=O)OC)c2ccccc12. The number of hydrogen-bond donors (Lipinski definition) is 0. The van der Waals surface area contributed by atoms with Crippen molar-refractivity contribution in [1.29, 1.82) is 0 Å². The van der Waals surface area contributed by atoms with Gasteiger partial charge in [-0.15, -0.1) is 0 Å². The highest BCUT2D eigenvalue weighted by Crippen LogP contribution is 2.25. The molecule has 0 saturated carbocycles. The number of unbranched alkanes of at least 4 members (excludes halogenated alkanes) is 2. The van der Waals surface area contributed by atoms with Crippen molar-refractivity contribution >= 4 is 22.7 Å². The lowest BCUT2D eigenvalue weighted by molar-refractivity contribution is -0.141. The molecule has 0 unspecified atom stereocenters. The van der Waals surface area contributed by atoms with Gasteiger partial charge in [0.2, 0.25) is 0 Å². The van der Waals surface area contributed by atoms with Crippen LogP contribution < -0.4 is 0 Å². The molecule has 0 N–H and O–H groups in total. The summed E-state index contributed by atoms with van der Waals surface area (Å²) in [5.74, 6) is -0.283. The Labute approximate surface area is 155 Å². The van der Waals surface area contributed by atoms with Gasteiger partial charge in [0.15, 0.2) is 0 Å². The van der Waals surface area contributed by atoms with Crippen molar-refractivity contribution in [2.45, 2.75) is 51.4 Å². The number of hydrogen-bond acceptors (Lipinski definition) is 4. The van der Waals surface area contributed by atoms with Gasteiger partial charge in [0.05, 0.1) is 14.2 Å². The second kappa shape index (κ2) is 10.6. The van der Waals surface area contributed by atoms with Gasteiger partial charge >= 0.3 is 11.9 Å². The Kier molecular flexibility index (Phi) is 8.13. The van der Waals surface area contributed by atoms with Gasteiger partial charge in [-0.3, -0.25) is 9.59 Å². The molecule has 0 aliphatic heterocycles. The molecule has 0 amide bonds. The van der Waals surface area contributed by atoms with Crippen LogP contribution in [0.3, 0.4) is 0 Å². The van der Waals surface area contributed by atoms with Crippen molar-refractivity contribution in [3.8, 4) is 0 Å². The first-order valence-corrected chi connectivity index (χ1v) is 9.29. The molecule has 4 heteroatoms. The minimum atomic E-state index is -0.142. The minimum absolute atomic E-state index is 0.142. The molecule has 0 aliphatic carbocycles. The van der Waals surface area contributed by atoms with Crippen molar-refractivity contribution in [2.24, 2.45) is 0 Å². The smallest absolute Gasteiger partial charge is 0.305 e. The summed E-state index contributed by atoms with van der Waals surface area (Å²) in [7, 11) is 2.86. The van der Waals surface area contributed by atoms with E-state index in [4.69, 9.17) is 0 Å². The summed E-state index contributed by atoms with van der Waals surface area (Å²) in [6.07, 6.45) is 6.50. The average Bonchev–Trinajstić information content (AvgIpc) is 2.68. The fourth-order valence-electron chi connectivity index (χ4n) is 3.23. The molecule has 0 radical (unpaired) electrons. The van der Waals surface area contributed by atoms with Crippen molar-refractivity contribution in [2.75, 3.05) is 14.2 Å². The van der Waals surface area contributed by atoms with Crippen molar-refractivity contribution in [3.05, 3.63) is 47.5 Å². The zero-order chi connectivity index (χ0) is 18.8. The number of methoxy groups -OCH3 is 2. The Bertz CT molecular complexity index is 673. The molecule has 2 rings (SSSR count). The third kappa shape index (κ3) is 5.87. The zero-order valence-electron chi connectivity index (χ0n) is 15.8. The van der Waals surface area contributed by atoms with Crippen LogP contribution in [0.1, 0.15) is 49.7 Å². The van der Waals surface area contributed by atoms with E-state index >= 15 is 0 Å². The quantitative estimate of drug-likeness (QED) is 0.461. The Balaban J connectivity index is 1.98. The fourth-order valence-corrected chi connectivity index (χ4v) is 3.23. The lowest BCUT2D eigenvalue weighted by Crippen LogP contribution is -2.00. The predicted molar refractivity (Wildman–Crippen MR) is 103 cm³/mol. The van der Waals surface area contributed by atoms with Crippen LogP contribution in [-0.4, -0.2) is 26.2 Å². The lowest BCUT2D eigenvalue weighted by Gasteiger charge is -2.11. The van der Waals surface area contributed by atoms with Gasteiger partial charge in [-0.2, -0.15) is 0 Å². The fraction of sp³-hybridized carbons (Fsp3) is 0.455. The molecular formula is C22H28O4. The third-order valence-corrected chi connectivity index (χ3v) is 4.71. The molecule has 0 bridgehead atoms. The van der Waals surface area contributed by atoms with Gasteiger partial charge in [0, 0.05) is 12.8 Å². The molecule has 0 atom stereocenters. The molecule has 0 fully saturated rings. The predicted octanol–water partition coefficient (Wildman–Crippen LogP) is 4.61. The van der Waals surface area contributed by atoms with Crippen molar-refractivity contribution in [1.82, 2.24) is 0 Å². The monoisotopic (exact) mass is 356 g/mol. The van der Waals surface area contributed by atoms with Crippen molar-refractivity contribution in [3.63, 3.8) is 0 Å². The van der Waals surface area contributed by atoms with Gasteiger partial charge in [-0.1, -0.05) is 36.4 Å². The highest BCUT2D eigenvalue weighted by atomic mass is 16.5. The maximum Gasteiger partial charge on any atom is 0.305 e. The van der Waals surface area contributed by atoms with Crippen LogP contribution in [-0.2, 0) is 31.9 Å². The number of benzene rings is 2. The van der Waals surface area contributed by atoms with Crippen LogP contribution >= 0.6 is 0 Å². The number of rotatable bonds is 10. The molecule has 0 spiro atoms. The van der Waals surface area contributed by atoms with E-state index in [9.17, 15) is 9.59 Å². The Morgan fingerprint density at radius 2 is 1.12 bits per heavy atom. The first-order chi connectivity index (χ1) is 12.7. The van der Waals surface area contributed by atoms with E-state index in [1.54, 1.807) is 0 Å². The first-order valence-electron chi connectivity index (χ1n) is 9.29. The van der Waals surface area contributed by atoms with E-state index in [0.29, 0.717) is 12.8 Å². The van der Waals surface area contributed by atoms with E-state index in [-0.39, 0.29) is 11.9 Å². The second-order valence-corrected chi connectivity index (χ2v) is 6.50. The topological polar surface area (TPSA) is 52.6 Å². The van der Waals surface area contributed by atoms with E-state index in [0.717, 1.165) is 38.5 Å². The van der Waals surface area contributed by atoms with Crippen LogP contribution in [0.4, 0.5) is 0 Å². The average molecular weight is 356 g/mol. The van der Waals surface area contributed by atoms with E-state index in [1.165, 1.54) is 36.1 Å². The number of aryl methyl sites for hydroxylation is 2. The maximum atomic E-state index is 11.2. The molecule has 0 heterocycles. The molecule has 4 nitrogen and oxygen atoms in total. The summed E-state index contributed by atoms with van der Waals surface area (Å²) in [4.78, 5) is 22.4. The largest absolute Gasteiger partial charge is 0.469 e. The van der Waals surface area contributed by atoms with E-state index in [1.807, 2.05) is 0 Å². The Hall–Kier alpha value is -2.36. The minimum Gasteiger partial charge on any atom is -0.469 e. The molecule has 26 heavy (non-hydrogen) atoms. The summed E-state index contributed by atoms with van der Waals surface area (Å²) in [6.45, 7) is 0. The van der Waals surface area contributed by atoms with Crippen molar-refractivity contribution < 1.29 is 19.1 Å². The number of ether oxygens (including phenoxy) is 2. The molecule has 0 saturated heterocycles. The third-order valence-electron chi connectivity index (χ3n) is 4.71. The molecule has 140 valence electrons. The van der Waals surface area contributed by atoms with Gasteiger partial charge in [0.1, 0.15) is 0 Å². The summed E-state index contributed by atoms with van der Waals surface area (Å²) in [5.41, 5.74) is 2.65. The van der Waals surface area contributed by atoms with Crippen LogP contribution in [0.25, 0.3) is 10.8 Å². The summed E-state index contributed by atoms with van der Waals surface area (Å²) in [5, 5.41) is 2.58. The zero-order valence-corrected chi connectivity index (χ0v) is 15.8. The normalized spacial score (nSPS) is 10.7. The van der Waals surface area contributed by atoms with Gasteiger partial charge in [-0.05, 0) is 60.4 Å². The van der Waals surface area contributed by atoms with Crippen LogP contribution in [0, 0.1) is 0 Å². The van der Waals surface area contributed by atoms with Gasteiger partial charge < -0.3 is 9.47 Å². The van der Waals surface area contributed by atoms with Crippen LogP contribution in [0.2, 0.25) is 0 Å². The highest BCUT2D eigenvalue weighted by Gasteiger charge is 2.07. The van der Waals surface area contributed by atoms with Gasteiger partial charge in [0.25, 0.3) is 0 Å². The molecule has 2 aromatic carbocycles. The number of carbonyl (C=O) groups excluding carboxylic acids is 2. The van der Waals surface area contributed by atoms with E-state index < -0.39 is 0 Å². The summed E-state index contributed by atoms with van der Waals surface area (Å²) < 4.78 is 9.38. The number of carbonyl (C=O) groups is 2. The highest BCUT2D eigenvalue weighted by molar-refractivity contribution is 5.88. The van der Waals surface area contributed by atoms with E-state index in [2.05, 4.69) is 45.9 Å². The van der Waals surface area contributed by atoms with Gasteiger partial charge in [-0.25, -0.2) is 0 Å². The Morgan fingerprint density at radius 1 is 0.692 bits per heavy atom. The standard InChI is InChI=1S/C22H28O4/c1-25-21(23)13-7-3-9-17-15-16-18(10-4-8-14-22(24)26-2)20-12-6-5-11-19(17)20/h5-6,11-12,15-16H,3-4,7-10,13-14H2,1-2H3. The number of fused-ring (bicyclic) bond motifs is 1. The lowest BCUT2D eigenvalue weighted by atomic mass is 9.94. The Morgan fingerprint density at radius 3 is 1.50 bits per heavy atom. The second-order valence-electron chi connectivity index (χ2n) is 6.50. The maximum absolute atomic E-state index is 11.2.